The lowest BCUT2D eigenvalue weighted by molar-refractivity contribution is 0.397. The highest BCUT2D eigenvalue weighted by Crippen LogP contribution is 2.49. The fraction of sp³-hybridized carbons (Fsp3) is 0.739. The molecule has 0 saturated heterocycles. The Morgan fingerprint density at radius 1 is 0.760 bits per heavy atom. The molecule has 2 fully saturated rings. The van der Waals surface area contributed by atoms with Crippen LogP contribution in [0.3, 0.4) is 0 Å². The van der Waals surface area contributed by atoms with Crippen molar-refractivity contribution in [2.24, 2.45) is 10.8 Å². The van der Waals surface area contributed by atoms with Gasteiger partial charge in [-0.3, -0.25) is 0 Å². The highest BCUT2D eigenvalue weighted by atomic mass is 16.3. The van der Waals surface area contributed by atoms with E-state index in [-0.39, 0.29) is 11.5 Å². The van der Waals surface area contributed by atoms with Gasteiger partial charge < -0.3 is 10.2 Å². The lowest BCUT2D eigenvalue weighted by atomic mass is 9.96. The molecule has 2 aliphatic carbocycles. The molecule has 3 rings (SSSR count). The van der Waals surface area contributed by atoms with Crippen LogP contribution >= 0.6 is 0 Å². The fourth-order valence-electron chi connectivity index (χ4n) is 3.93. The molecule has 0 spiro atoms. The quantitative estimate of drug-likeness (QED) is 0.354. The molecule has 25 heavy (non-hydrogen) atoms. The van der Waals surface area contributed by atoms with Crippen molar-refractivity contribution in [2.75, 3.05) is 0 Å². The zero-order valence-electron chi connectivity index (χ0n) is 16.2. The highest BCUT2D eigenvalue weighted by molar-refractivity contribution is 5.47. The van der Waals surface area contributed by atoms with E-state index in [4.69, 9.17) is 0 Å². The van der Waals surface area contributed by atoms with Crippen LogP contribution in [0.5, 0.6) is 11.5 Å². The van der Waals surface area contributed by atoms with Crippen LogP contribution in [0, 0.1) is 10.8 Å². The molecule has 2 heteroatoms. The number of rotatable bonds is 11. The Balaban J connectivity index is 1.42. The van der Waals surface area contributed by atoms with Gasteiger partial charge in [0.1, 0.15) is 0 Å². The van der Waals surface area contributed by atoms with Crippen molar-refractivity contribution in [3.05, 3.63) is 23.3 Å². The van der Waals surface area contributed by atoms with E-state index in [0.717, 1.165) is 24.8 Å². The summed E-state index contributed by atoms with van der Waals surface area (Å²) in [5.41, 5.74) is 3.40. The van der Waals surface area contributed by atoms with Gasteiger partial charge >= 0.3 is 0 Å². The molecule has 1 aromatic rings. The van der Waals surface area contributed by atoms with Gasteiger partial charge in [0.05, 0.1) is 0 Å². The smallest absolute Gasteiger partial charge is 0.160 e. The maximum Gasteiger partial charge on any atom is 0.160 e. The number of phenolic OH excluding ortho intramolecular Hbond substituents is 2. The first-order valence-electron chi connectivity index (χ1n) is 10.4. The molecule has 140 valence electrons. The average molecular weight is 345 g/mol. The summed E-state index contributed by atoms with van der Waals surface area (Å²) in [4.78, 5) is 0. The molecule has 0 atom stereocenters. The van der Waals surface area contributed by atoms with Gasteiger partial charge in [0, 0.05) is 0 Å². The van der Waals surface area contributed by atoms with Gasteiger partial charge in [-0.05, 0) is 92.2 Å². The summed E-state index contributed by atoms with van der Waals surface area (Å²) in [5.74, 6) is 0.163. The van der Waals surface area contributed by atoms with Crippen LogP contribution < -0.4 is 0 Å². The molecule has 0 radical (unpaired) electrons. The van der Waals surface area contributed by atoms with E-state index >= 15 is 0 Å². The number of phenols is 2. The minimum Gasteiger partial charge on any atom is -0.504 e. The second-order valence-electron chi connectivity index (χ2n) is 9.51. The topological polar surface area (TPSA) is 40.5 Å². The molecule has 0 heterocycles. The summed E-state index contributed by atoms with van der Waals surface area (Å²) < 4.78 is 0. The van der Waals surface area contributed by atoms with Crippen molar-refractivity contribution in [1.82, 2.24) is 0 Å². The third kappa shape index (κ3) is 5.66. The molecule has 1 aromatic carbocycles. The summed E-state index contributed by atoms with van der Waals surface area (Å²) >= 11 is 0. The van der Waals surface area contributed by atoms with Crippen LogP contribution in [-0.4, -0.2) is 10.2 Å². The summed E-state index contributed by atoms with van der Waals surface area (Å²) in [6, 6.07) is 3.88. The average Bonchev–Trinajstić information content (AvgIpc) is 3.48. The molecule has 0 aromatic heterocycles. The predicted octanol–water partition coefficient (Wildman–Crippen LogP) is 6.51. The Bertz CT molecular complexity index is 582. The number of hydrogen-bond acceptors (Lipinski definition) is 2. The third-order valence-electron chi connectivity index (χ3n) is 6.66. The van der Waals surface area contributed by atoms with Gasteiger partial charge in [0.2, 0.25) is 0 Å². The lowest BCUT2D eigenvalue weighted by Crippen LogP contribution is -1.96. The zero-order chi connectivity index (χ0) is 17.9. The maximum atomic E-state index is 10.2. The first kappa shape index (κ1) is 18.6. The second-order valence-corrected chi connectivity index (χ2v) is 9.51. The van der Waals surface area contributed by atoms with Gasteiger partial charge in [-0.15, -0.1) is 0 Å². The first-order valence-corrected chi connectivity index (χ1v) is 10.4. The molecule has 0 unspecified atom stereocenters. The van der Waals surface area contributed by atoms with Crippen LogP contribution in [0.2, 0.25) is 0 Å². The van der Waals surface area contributed by atoms with Crippen LogP contribution in [0.4, 0.5) is 0 Å². The van der Waals surface area contributed by atoms with Crippen molar-refractivity contribution in [1.29, 1.82) is 0 Å². The molecule has 2 aliphatic rings. The van der Waals surface area contributed by atoms with Crippen LogP contribution in [0.1, 0.15) is 95.6 Å². The Hall–Kier alpha value is -1.18. The Morgan fingerprint density at radius 3 is 1.92 bits per heavy atom. The largest absolute Gasteiger partial charge is 0.504 e. The predicted molar refractivity (Wildman–Crippen MR) is 104 cm³/mol. The summed E-state index contributed by atoms with van der Waals surface area (Å²) in [6.45, 7) is 4.78. The van der Waals surface area contributed by atoms with Crippen LogP contribution in [0.15, 0.2) is 12.1 Å². The minimum atomic E-state index is 0.0622. The second kappa shape index (κ2) is 7.60. The van der Waals surface area contributed by atoms with Gasteiger partial charge in [-0.25, -0.2) is 0 Å². The summed E-state index contributed by atoms with van der Waals surface area (Å²) in [6.07, 6.45) is 16.2. The SMILES string of the molecule is CC1(CCCCCc2cc(CCCCC3(C)CC3)cc(O)c2O)CC1. The molecular formula is C23H36O2. The molecule has 0 amide bonds. The Labute approximate surface area is 153 Å². The van der Waals surface area contributed by atoms with E-state index in [1.54, 1.807) is 6.07 Å². The Kier molecular flexibility index (Phi) is 5.65. The first-order chi connectivity index (χ1) is 11.9. The standard InChI is InChI=1S/C23H36O2/c1-22(12-13-22)10-6-3-4-9-19-16-18(17-20(24)21(19)25)8-5-7-11-23(2)14-15-23/h16-17,24-25H,3-15H2,1-2H3. The van der Waals surface area contributed by atoms with E-state index in [0.29, 0.717) is 10.8 Å². The molecule has 2 nitrogen and oxygen atoms in total. The fourth-order valence-corrected chi connectivity index (χ4v) is 3.93. The van der Waals surface area contributed by atoms with Gasteiger partial charge in [-0.2, -0.15) is 0 Å². The van der Waals surface area contributed by atoms with Gasteiger partial charge in [0.15, 0.2) is 11.5 Å². The molecule has 2 N–H and O–H groups in total. The van der Waals surface area contributed by atoms with Crippen molar-refractivity contribution >= 4 is 0 Å². The van der Waals surface area contributed by atoms with Crippen LogP contribution in [-0.2, 0) is 12.8 Å². The lowest BCUT2D eigenvalue weighted by Gasteiger charge is -2.12. The number of aromatic hydroxyl groups is 2. The molecule has 0 bridgehead atoms. The summed E-state index contributed by atoms with van der Waals surface area (Å²) in [5, 5.41) is 20.2. The number of aryl methyl sites for hydroxylation is 2. The number of hydrogen-bond donors (Lipinski definition) is 2. The van der Waals surface area contributed by atoms with E-state index in [9.17, 15) is 10.2 Å². The van der Waals surface area contributed by atoms with Crippen LogP contribution in [0.25, 0.3) is 0 Å². The third-order valence-corrected chi connectivity index (χ3v) is 6.66. The molecule has 2 saturated carbocycles. The van der Waals surface area contributed by atoms with Crippen molar-refractivity contribution < 1.29 is 10.2 Å². The summed E-state index contributed by atoms with van der Waals surface area (Å²) in [7, 11) is 0. The maximum absolute atomic E-state index is 10.2. The molecular weight excluding hydrogens is 308 g/mol. The van der Waals surface area contributed by atoms with Gasteiger partial charge in [-0.1, -0.05) is 39.2 Å². The highest BCUT2D eigenvalue weighted by Gasteiger charge is 2.36. The molecule has 0 aliphatic heterocycles. The van der Waals surface area contributed by atoms with E-state index in [1.807, 2.05) is 0 Å². The van der Waals surface area contributed by atoms with Crippen molar-refractivity contribution in [3.8, 4) is 11.5 Å². The minimum absolute atomic E-state index is 0.0622. The normalized spacial score (nSPS) is 19.8. The number of unbranched alkanes of at least 4 members (excludes halogenated alkanes) is 3. The zero-order valence-corrected chi connectivity index (χ0v) is 16.2. The monoisotopic (exact) mass is 344 g/mol. The van der Waals surface area contributed by atoms with Gasteiger partial charge in [0.25, 0.3) is 0 Å². The number of benzene rings is 1. The van der Waals surface area contributed by atoms with Crippen molar-refractivity contribution in [3.63, 3.8) is 0 Å². The van der Waals surface area contributed by atoms with E-state index < -0.39 is 0 Å². The Morgan fingerprint density at radius 2 is 1.32 bits per heavy atom. The van der Waals surface area contributed by atoms with E-state index in [1.165, 1.54) is 69.8 Å². The van der Waals surface area contributed by atoms with Crippen molar-refractivity contribution in [2.45, 2.75) is 97.3 Å². The van der Waals surface area contributed by atoms with E-state index in [2.05, 4.69) is 19.9 Å².